The molecule has 0 spiro atoms. The number of benzene rings is 1. The van der Waals surface area contributed by atoms with Crippen molar-refractivity contribution >= 4 is 14.1 Å². The molecule has 0 radical (unpaired) electrons. The van der Waals surface area contributed by atoms with Gasteiger partial charge in [-0.2, -0.15) is 0 Å². The first-order valence-electron chi connectivity index (χ1n) is 6.62. The van der Waals surface area contributed by atoms with E-state index in [1.807, 2.05) is 0 Å². The van der Waals surface area contributed by atoms with Crippen molar-refractivity contribution in [3.8, 4) is 0 Å². The van der Waals surface area contributed by atoms with Crippen LogP contribution in [0.15, 0.2) is 30.3 Å². The lowest BCUT2D eigenvalue weighted by Gasteiger charge is -2.29. The predicted octanol–water partition coefficient (Wildman–Crippen LogP) is 1.52. The van der Waals surface area contributed by atoms with Crippen LogP contribution in [-0.4, -0.2) is 52.2 Å². The Morgan fingerprint density at radius 3 is 2.06 bits per heavy atom. The second kappa shape index (κ2) is 7.64. The summed E-state index contributed by atoms with van der Waals surface area (Å²) in [4.78, 5) is 2.30. The number of hydrogen-bond donors (Lipinski definition) is 0. The molecule has 2 nitrogen and oxygen atoms in total. The zero-order valence-electron chi connectivity index (χ0n) is 11.7. The first-order chi connectivity index (χ1) is 8.19. The Kier molecular flexibility index (Phi) is 6.48. The van der Waals surface area contributed by atoms with Gasteiger partial charge in [0.1, 0.15) is 8.96 Å². The highest BCUT2D eigenvalue weighted by Gasteiger charge is 2.19. The van der Waals surface area contributed by atoms with Gasteiger partial charge in [-0.15, -0.1) is 0 Å². The molecule has 3 heteroatoms. The van der Waals surface area contributed by atoms with Crippen LogP contribution in [0, 0.1) is 0 Å². The molecule has 0 bridgehead atoms. The van der Waals surface area contributed by atoms with Gasteiger partial charge in [0.25, 0.3) is 0 Å². The van der Waals surface area contributed by atoms with Gasteiger partial charge in [0.15, 0.2) is 0 Å². The van der Waals surface area contributed by atoms with Gasteiger partial charge in [-0.25, -0.2) is 0 Å². The average Bonchev–Trinajstić information content (AvgIpc) is 2.35. The van der Waals surface area contributed by atoms with Gasteiger partial charge in [-0.05, 0) is 45.0 Å². The standard InChI is InChI=1S/C14H26N2Si/c1-5-16(6-2)17(13-12-15(3)4)14-10-8-7-9-11-14/h7-11,17H,5-6,12-13H2,1-4H3. The van der Waals surface area contributed by atoms with E-state index in [0.717, 1.165) is 0 Å². The zero-order chi connectivity index (χ0) is 12.7. The van der Waals surface area contributed by atoms with Gasteiger partial charge in [-0.3, -0.25) is 0 Å². The van der Waals surface area contributed by atoms with Gasteiger partial charge in [-0.1, -0.05) is 44.2 Å². The minimum Gasteiger partial charge on any atom is -0.323 e. The Morgan fingerprint density at radius 1 is 1.00 bits per heavy atom. The molecule has 0 aromatic heterocycles. The fourth-order valence-corrected chi connectivity index (χ4v) is 5.71. The van der Waals surface area contributed by atoms with E-state index in [1.54, 1.807) is 5.19 Å². The fraction of sp³-hybridized carbons (Fsp3) is 0.571. The number of rotatable bonds is 7. The van der Waals surface area contributed by atoms with Crippen molar-refractivity contribution in [1.29, 1.82) is 0 Å². The van der Waals surface area contributed by atoms with E-state index in [4.69, 9.17) is 0 Å². The van der Waals surface area contributed by atoms with Gasteiger partial charge in [0.2, 0.25) is 0 Å². The highest BCUT2D eigenvalue weighted by Crippen LogP contribution is 2.03. The van der Waals surface area contributed by atoms with E-state index in [9.17, 15) is 0 Å². The molecule has 0 saturated carbocycles. The van der Waals surface area contributed by atoms with Crippen LogP contribution < -0.4 is 5.19 Å². The maximum Gasteiger partial charge on any atom is 0.145 e. The molecule has 0 heterocycles. The highest BCUT2D eigenvalue weighted by atomic mass is 28.3. The Labute approximate surface area is 108 Å². The van der Waals surface area contributed by atoms with E-state index in [2.05, 4.69) is 67.7 Å². The molecule has 1 unspecified atom stereocenters. The van der Waals surface area contributed by atoms with E-state index >= 15 is 0 Å². The summed E-state index contributed by atoms with van der Waals surface area (Å²) in [6, 6.07) is 12.4. The number of nitrogens with zero attached hydrogens (tertiary/aromatic N) is 2. The summed E-state index contributed by atoms with van der Waals surface area (Å²) in [5.41, 5.74) is 0. The van der Waals surface area contributed by atoms with Gasteiger partial charge in [0.05, 0.1) is 0 Å². The third-order valence-corrected chi connectivity index (χ3v) is 6.86. The Balaban J connectivity index is 2.78. The summed E-state index contributed by atoms with van der Waals surface area (Å²) in [5, 5.41) is 1.58. The second-order valence-corrected chi connectivity index (χ2v) is 7.75. The minimum absolute atomic E-state index is 0.972. The van der Waals surface area contributed by atoms with E-state index < -0.39 is 8.96 Å². The molecule has 0 aliphatic rings. The zero-order valence-corrected chi connectivity index (χ0v) is 12.8. The summed E-state index contributed by atoms with van der Waals surface area (Å²) in [6.45, 7) is 8.11. The SMILES string of the molecule is CCN(CC)[SiH](CCN(C)C)c1ccccc1. The van der Waals surface area contributed by atoms with Gasteiger partial charge < -0.3 is 9.47 Å². The lowest BCUT2D eigenvalue weighted by Crippen LogP contribution is -2.49. The second-order valence-electron chi connectivity index (χ2n) is 4.74. The van der Waals surface area contributed by atoms with Crippen molar-refractivity contribution in [3.05, 3.63) is 30.3 Å². The minimum atomic E-state index is -0.972. The first-order valence-corrected chi connectivity index (χ1v) is 8.53. The fourth-order valence-electron chi connectivity index (χ4n) is 2.28. The van der Waals surface area contributed by atoms with Crippen molar-refractivity contribution in [2.75, 3.05) is 33.7 Å². The lowest BCUT2D eigenvalue weighted by atomic mass is 10.4. The molecule has 1 atom stereocenters. The first kappa shape index (κ1) is 14.4. The summed E-state index contributed by atoms with van der Waals surface area (Å²) >= 11 is 0. The molecule has 17 heavy (non-hydrogen) atoms. The molecule has 0 fully saturated rings. The van der Waals surface area contributed by atoms with Crippen LogP contribution in [-0.2, 0) is 0 Å². The van der Waals surface area contributed by atoms with Crippen LogP contribution >= 0.6 is 0 Å². The largest absolute Gasteiger partial charge is 0.323 e. The van der Waals surface area contributed by atoms with Crippen LogP contribution in [0.5, 0.6) is 0 Å². The summed E-state index contributed by atoms with van der Waals surface area (Å²) < 4.78 is 2.68. The predicted molar refractivity (Wildman–Crippen MR) is 79.5 cm³/mol. The molecule has 0 saturated heterocycles. The third kappa shape index (κ3) is 4.62. The molecule has 96 valence electrons. The van der Waals surface area contributed by atoms with Crippen LogP contribution in [0.2, 0.25) is 6.04 Å². The molecule has 1 aromatic carbocycles. The van der Waals surface area contributed by atoms with Crippen molar-refractivity contribution < 1.29 is 0 Å². The summed E-state index contributed by atoms with van der Waals surface area (Å²) in [6.07, 6.45) is 0. The maximum atomic E-state index is 2.68. The van der Waals surface area contributed by atoms with E-state index in [1.165, 1.54) is 25.7 Å². The van der Waals surface area contributed by atoms with Crippen LogP contribution in [0.1, 0.15) is 13.8 Å². The van der Waals surface area contributed by atoms with Crippen molar-refractivity contribution in [2.24, 2.45) is 0 Å². The summed E-state index contributed by atoms with van der Waals surface area (Å²) in [5.74, 6) is 0. The lowest BCUT2D eigenvalue weighted by molar-refractivity contribution is 0.420. The molecule has 1 rings (SSSR count). The van der Waals surface area contributed by atoms with E-state index in [-0.39, 0.29) is 0 Å². The molecule has 0 aliphatic heterocycles. The van der Waals surface area contributed by atoms with Crippen molar-refractivity contribution in [1.82, 2.24) is 9.47 Å². The Morgan fingerprint density at radius 2 is 1.59 bits per heavy atom. The molecule has 1 aromatic rings. The smallest absolute Gasteiger partial charge is 0.145 e. The quantitative estimate of drug-likeness (QED) is 0.677. The van der Waals surface area contributed by atoms with Crippen molar-refractivity contribution in [3.63, 3.8) is 0 Å². The molecule has 0 amide bonds. The van der Waals surface area contributed by atoms with Crippen LogP contribution in [0.25, 0.3) is 0 Å². The van der Waals surface area contributed by atoms with Gasteiger partial charge in [0, 0.05) is 0 Å². The van der Waals surface area contributed by atoms with Crippen molar-refractivity contribution in [2.45, 2.75) is 19.9 Å². The average molecular weight is 250 g/mol. The molecule has 0 aliphatic carbocycles. The maximum absolute atomic E-state index is 2.68. The molecular formula is C14H26N2Si. The van der Waals surface area contributed by atoms with E-state index in [0.29, 0.717) is 0 Å². The third-order valence-electron chi connectivity index (χ3n) is 3.29. The molecule has 0 N–H and O–H groups in total. The normalized spacial score (nSPS) is 13.3. The Bertz CT molecular complexity index is 296. The summed E-state index contributed by atoms with van der Waals surface area (Å²) in [7, 11) is 3.36. The Hall–Kier alpha value is -0.643. The van der Waals surface area contributed by atoms with Crippen LogP contribution in [0.3, 0.4) is 0 Å². The topological polar surface area (TPSA) is 6.48 Å². The molecular weight excluding hydrogens is 224 g/mol. The van der Waals surface area contributed by atoms with Crippen LogP contribution in [0.4, 0.5) is 0 Å². The highest BCUT2D eigenvalue weighted by molar-refractivity contribution is 6.70. The number of hydrogen-bond acceptors (Lipinski definition) is 2. The van der Waals surface area contributed by atoms with Gasteiger partial charge >= 0.3 is 0 Å². The monoisotopic (exact) mass is 250 g/mol.